The Morgan fingerprint density at radius 1 is 1.30 bits per heavy atom. The summed E-state index contributed by atoms with van der Waals surface area (Å²) < 4.78 is 0. The van der Waals surface area contributed by atoms with Crippen molar-refractivity contribution in [3.05, 3.63) is 34.9 Å². The molecule has 0 aliphatic carbocycles. The van der Waals surface area contributed by atoms with Crippen LogP contribution in [0.3, 0.4) is 0 Å². The monoisotopic (exact) mass is 295 g/mol. The highest BCUT2D eigenvalue weighted by Gasteiger charge is 2.37. The Hall–Kier alpha value is -0.570. The Morgan fingerprint density at radius 2 is 2.00 bits per heavy atom. The predicted molar refractivity (Wildman–Crippen MR) is 85.3 cm³/mol. The van der Waals surface area contributed by atoms with Gasteiger partial charge >= 0.3 is 0 Å². The third-order valence-corrected chi connectivity index (χ3v) is 5.07. The minimum absolute atomic E-state index is 0.136. The van der Waals surface area contributed by atoms with Crippen molar-refractivity contribution in [3.8, 4) is 0 Å². The molecule has 0 saturated carbocycles. The third-order valence-electron chi connectivity index (χ3n) is 4.83. The van der Waals surface area contributed by atoms with Gasteiger partial charge in [-0.15, -0.1) is 0 Å². The Kier molecular flexibility index (Phi) is 5.48. The highest BCUT2D eigenvalue weighted by Crippen LogP contribution is 2.29. The van der Waals surface area contributed by atoms with Crippen LogP contribution in [0.15, 0.2) is 24.3 Å². The molecule has 2 rings (SSSR count). The van der Waals surface area contributed by atoms with Gasteiger partial charge in [-0.3, -0.25) is 4.90 Å². The molecule has 2 atom stereocenters. The summed E-state index contributed by atoms with van der Waals surface area (Å²) in [7, 11) is 0. The quantitative estimate of drug-likeness (QED) is 0.890. The van der Waals surface area contributed by atoms with Crippen LogP contribution in [0, 0.1) is 0 Å². The van der Waals surface area contributed by atoms with Gasteiger partial charge in [0.2, 0.25) is 0 Å². The Morgan fingerprint density at radius 3 is 2.60 bits per heavy atom. The first-order chi connectivity index (χ1) is 9.56. The molecule has 1 aromatic rings. The zero-order chi connectivity index (χ0) is 14.6. The van der Waals surface area contributed by atoms with Crippen molar-refractivity contribution in [2.75, 3.05) is 13.1 Å². The van der Waals surface area contributed by atoms with Crippen molar-refractivity contribution in [2.45, 2.75) is 57.6 Å². The van der Waals surface area contributed by atoms with E-state index in [1.54, 1.807) is 0 Å². The van der Waals surface area contributed by atoms with E-state index in [9.17, 15) is 5.11 Å². The van der Waals surface area contributed by atoms with Crippen LogP contribution in [0.4, 0.5) is 0 Å². The maximum atomic E-state index is 10.8. The number of aliphatic hydroxyl groups excluding tert-OH is 1. The SMILES string of the molecule is CCC(C)(C(O)Cc1cccc(Cl)c1)N1CCCCC1. The number of aliphatic hydroxyl groups is 1. The summed E-state index contributed by atoms with van der Waals surface area (Å²) >= 11 is 6.03. The molecule has 0 amide bonds. The fraction of sp³-hybridized carbons (Fsp3) is 0.647. The molecule has 2 nitrogen and oxygen atoms in total. The van der Waals surface area contributed by atoms with Crippen molar-refractivity contribution in [1.29, 1.82) is 0 Å². The van der Waals surface area contributed by atoms with Crippen molar-refractivity contribution < 1.29 is 5.11 Å². The summed E-state index contributed by atoms with van der Waals surface area (Å²) in [4.78, 5) is 2.48. The number of nitrogens with zero attached hydrogens (tertiary/aromatic N) is 1. The number of halogens is 1. The smallest absolute Gasteiger partial charge is 0.0761 e. The van der Waals surface area contributed by atoms with Crippen LogP contribution in [0.1, 0.15) is 45.1 Å². The third kappa shape index (κ3) is 3.55. The Labute approximate surface area is 127 Å². The second-order valence-corrected chi connectivity index (χ2v) is 6.54. The maximum Gasteiger partial charge on any atom is 0.0761 e. The van der Waals surface area contributed by atoms with Gasteiger partial charge in [-0.05, 0) is 57.0 Å². The van der Waals surface area contributed by atoms with Crippen LogP contribution in [0.2, 0.25) is 5.02 Å². The van der Waals surface area contributed by atoms with Crippen LogP contribution < -0.4 is 0 Å². The van der Waals surface area contributed by atoms with E-state index < -0.39 is 0 Å². The van der Waals surface area contributed by atoms with E-state index in [1.807, 2.05) is 24.3 Å². The zero-order valence-corrected chi connectivity index (χ0v) is 13.4. The normalized spacial score (nSPS) is 21.4. The van der Waals surface area contributed by atoms with Crippen molar-refractivity contribution >= 4 is 11.6 Å². The lowest BCUT2D eigenvalue weighted by Gasteiger charge is -2.46. The molecule has 20 heavy (non-hydrogen) atoms. The van der Waals surface area contributed by atoms with E-state index in [0.29, 0.717) is 6.42 Å². The Bertz CT molecular complexity index is 431. The number of piperidine rings is 1. The van der Waals surface area contributed by atoms with Gasteiger partial charge in [0.25, 0.3) is 0 Å². The minimum atomic E-state index is -0.357. The molecule has 1 aliphatic rings. The molecule has 1 saturated heterocycles. The summed E-state index contributed by atoms with van der Waals surface area (Å²) in [5, 5.41) is 11.5. The number of likely N-dealkylation sites (tertiary alicyclic amines) is 1. The summed E-state index contributed by atoms with van der Waals surface area (Å²) in [5.74, 6) is 0. The number of benzene rings is 1. The van der Waals surface area contributed by atoms with Crippen molar-refractivity contribution in [3.63, 3.8) is 0 Å². The fourth-order valence-electron chi connectivity index (χ4n) is 3.18. The second-order valence-electron chi connectivity index (χ2n) is 6.11. The van der Waals surface area contributed by atoms with E-state index in [1.165, 1.54) is 19.3 Å². The standard InChI is InChI=1S/C17H26ClNO/c1-3-17(2,19-10-5-4-6-11-19)16(20)13-14-8-7-9-15(18)12-14/h7-9,12,16,20H,3-6,10-11,13H2,1-2H3. The molecule has 112 valence electrons. The first-order valence-corrected chi connectivity index (χ1v) is 8.11. The zero-order valence-electron chi connectivity index (χ0n) is 12.6. The lowest BCUT2D eigenvalue weighted by molar-refractivity contribution is -0.0328. The van der Waals surface area contributed by atoms with Crippen LogP contribution in [0.5, 0.6) is 0 Å². The molecule has 0 aromatic heterocycles. The van der Waals surface area contributed by atoms with Crippen molar-refractivity contribution in [1.82, 2.24) is 4.90 Å². The van der Waals surface area contributed by atoms with Gasteiger partial charge in [-0.2, -0.15) is 0 Å². The second kappa shape index (κ2) is 6.93. The molecule has 1 aromatic carbocycles. The average Bonchev–Trinajstić information content (AvgIpc) is 2.47. The molecule has 1 aliphatic heterocycles. The number of hydrogen-bond acceptors (Lipinski definition) is 2. The van der Waals surface area contributed by atoms with E-state index in [4.69, 9.17) is 11.6 Å². The van der Waals surface area contributed by atoms with Gasteiger partial charge in [-0.1, -0.05) is 37.1 Å². The van der Waals surface area contributed by atoms with Crippen LogP contribution in [-0.4, -0.2) is 34.7 Å². The fourth-order valence-corrected chi connectivity index (χ4v) is 3.39. The number of hydrogen-bond donors (Lipinski definition) is 1. The van der Waals surface area contributed by atoms with Gasteiger partial charge in [-0.25, -0.2) is 0 Å². The van der Waals surface area contributed by atoms with Crippen molar-refractivity contribution in [2.24, 2.45) is 0 Å². The van der Waals surface area contributed by atoms with Crippen LogP contribution in [0.25, 0.3) is 0 Å². The van der Waals surface area contributed by atoms with E-state index in [-0.39, 0.29) is 11.6 Å². The largest absolute Gasteiger partial charge is 0.391 e. The molecule has 3 heteroatoms. The molecular formula is C17H26ClNO. The molecule has 1 heterocycles. The summed E-state index contributed by atoms with van der Waals surface area (Å²) in [6.07, 6.45) is 5.10. The minimum Gasteiger partial charge on any atom is -0.391 e. The maximum absolute atomic E-state index is 10.8. The van der Waals surface area contributed by atoms with Gasteiger partial charge in [0, 0.05) is 17.0 Å². The van der Waals surface area contributed by atoms with Crippen LogP contribution in [-0.2, 0) is 6.42 Å². The molecule has 1 fully saturated rings. The molecule has 2 unspecified atom stereocenters. The Balaban J connectivity index is 2.09. The van der Waals surface area contributed by atoms with Gasteiger partial charge in [0.15, 0.2) is 0 Å². The van der Waals surface area contributed by atoms with Gasteiger partial charge < -0.3 is 5.11 Å². The van der Waals surface area contributed by atoms with E-state index >= 15 is 0 Å². The predicted octanol–water partition coefficient (Wildman–Crippen LogP) is 3.90. The lowest BCUT2D eigenvalue weighted by atomic mass is 9.84. The summed E-state index contributed by atoms with van der Waals surface area (Å²) in [6, 6.07) is 7.83. The molecule has 0 spiro atoms. The van der Waals surface area contributed by atoms with Crippen LogP contribution >= 0.6 is 11.6 Å². The lowest BCUT2D eigenvalue weighted by Crippen LogP contribution is -2.56. The first-order valence-electron chi connectivity index (χ1n) is 7.74. The highest BCUT2D eigenvalue weighted by atomic mass is 35.5. The van der Waals surface area contributed by atoms with Gasteiger partial charge in [0.1, 0.15) is 0 Å². The van der Waals surface area contributed by atoms with E-state index in [2.05, 4.69) is 18.7 Å². The molecule has 0 radical (unpaired) electrons. The van der Waals surface area contributed by atoms with E-state index in [0.717, 1.165) is 30.1 Å². The van der Waals surface area contributed by atoms with Gasteiger partial charge in [0.05, 0.1) is 6.10 Å². The highest BCUT2D eigenvalue weighted by molar-refractivity contribution is 6.30. The number of rotatable bonds is 5. The topological polar surface area (TPSA) is 23.5 Å². The first kappa shape index (κ1) is 15.8. The molecule has 0 bridgehead atoms. The summed E-state index contributed by atoms with van der Waals surface area (Å²) in [6.45, 7) is 6.59. The summed E-state index contributed by atoms with van der Waals surface area (Å²) in [5.41, 5.74) is 0.976. The molecular weight excluding hydrogens is 270 g/mol. The average molecular weight is 296 g/mol. The molecule has 1 N–H and O–H groups in total.